The van der Waals surface area contributed by atoms with E-state index in [4.69, 9.17) is 24.7 Å². The molecule has 2 aliphatic rings. The van der Waals surface area contributed by atoms with Gasteiger partial charge in [-0.25, -0.2) is 15.0 Å². The number of nitrogen functional groups attached to an aromatic ring is 1. The Balaban J connectivity index is 1.28. The van der Waals surface area contributed by atoms with Gasteiger partial charge in [-0.2, -0.15) is 0 Å². The summed E-state index contributed by atoms with van der Waals surface area (Å²) in [6, 6.07) is 30.8. The number of hydrogen-bond donors (Lipinski definition) is 1. The Hall–Kier alpha value is -4.15. The van der Waals surface area contributed by atoms with Crippen LogP contribution in [0.2, 0.25) is 0 Å². The molecule has 2 aromatic heterocycles. The van der Waals surface area contributed by atoms with Crippen molar-refractivity contribution >= 4 is 17.0 Å². The van der Waals surface area contributed by atoms with Gasteiger partial charge in [-0.15, -0.1) is 0 Å². The van der Waals surface area contributed by atoms with E-state index >= 15 is 0 Å². The number of nitrogens with two attached hydrogens (primary N) is 1. The summed E-state index contributed by atoms with van der Waals surface area (Å²) in [5.41, 5.74) is 9.30. The third-order valence-electron chi connectivity index (χ3n) is 7.79. The zero-order valence-electron chi connectivity index (χ0n) is 22.8. The summed E-state index contributed by atoms with van der Waals surface area (Å²) >= 11 is 0. The molecule has 7 rings (SSSR count). The molecule has 41 heavy (non-hydrogen) atoms. The van der Waals surface area contributed by atoms with Crippen LogP contribution in [0.1, 0.15) is 36.8 Å². The Morgan fingerprint density at radius 2 is 1.37 bits per heavy atom. The van der Waals surface area contributed by atoms with Crippen molar-refractivity contribution in [2.75, 3.05) is 12.3 Å². The van der Waals surface area contributed by atoms with Crippen LogP contribution in [0.25, 0.3) is 11.2 Å². The van der Waals surface area contributed by atoms with Gasteiger partial charge in [0, 0.05) is 0 Å². The molecule has 0 unspecified atom stereocenters. The Labute approximate surface area is 237 Å². The van der Waals surface area contributed by atoms with Gasteiger partial charge >= 0.3 is 0 Å². The number of benzene rings is 3. The average Bonchev–Trinajstić information content (AvgIpc) is 3.67. The number of rotatable bonds is 7. The lowest BCUT2D eigenvalue weighted by Gasteiger charge is -2.37. The summed E-state index contributed by atoms with van der Waals surface area (Å²) in [6.07, 6.45) is 1.30. The summed E-state index contributed by atoms with van der Waals surface area (Å²) < 4.78 is 28.4. The second-order valence-corrected chi connectivity index (χ2v) is 10.8. The lowest BCUT2D eigenvalue weighted by Crippen LogP contribution is -2.39. The molecule has 0 amide bonds. The number of imidazole rings is 1. The van der Waals surface area contributed by atoms with Crippen molar-refractivity contribution in [1.82, 2.24) is 19.5 Å². The molecule has 2 aliphatic heterocycles. The van der Waals surface area contributed by atoms with E-state index in [0.29, 0.717) is 17.0 Å². The van der Waals surface area contributed by atoms with E-state index in [1.165, 1.54) is 6.33 Å². The van der Waals surface area contributed by atoms with E-state index in [-0.39, 0.29) is 12.7 Å². The predicted octanol–water partition coefficient (Wildman–Crippen LogP) is 4.83. The molecule has 0 spiro atoms. The van der Waals surface area contributed by atoms with Crippen molar-refractivity contribution in [3.63, 3.8) is 0 Å². The van der Waals surface area contributed by atoms with Crippen LogP contribution in [0.4, 0.5) is 5.82 Å². The normalized spacial score (nSPS) is 23.6. The molecule has 5 aromatic rings. The summed E-state index contributed by atoms with van der Waals surface area (Å²) in [7, 11) is 0. The maximum absolute atomic E-state index is 7.09. The predicted molar refractivity (Wildman–Crippen MR) is 153 cm³/mol. The van der Waals surface area contributed by atoms with Crippen LogP contribution >= 0.6 is 0 Å². The monoisotopic (exact) mass is 549 g/mol. The number of hydrogen-bond acceptors (Lipinski definition) is 8. The molecule has 0 radical (unpaired) electrons. The van der Waals surface area contributed by atoms with Crippen molar-refractivity contribution in [2.45, 2.75) is 49.8 Å². The highest BCUT2D eigenvalue weighted by Crippen LogP contribution is 2.46. The molecule has 2 fully saturated rings. The standard InChI is InChI=1S/C32H31N5O4/c1-31(2)40-26-24(39-30(27(26)41-31)37-20-36-25-28(33)34-19-35-29(25)37)18-38-32(21-12-6-3-7-13-21,22-14-8-4-9-15-22)23-16-10-5-11-17-23/h3-17,19-20,24,26-27,30H,18H2,1-2H3,(H2,33,34,35)/t24-,26+,27+,30-/m1/s1. The first kappa shape index (κ1) is 25.8. The third kappa shape index (κ3) is 4.38. The molecule has 9 nitrogen and oxygen atoms in total. The number of aromatic nitrogens is 4. The first-order chi connectivity index (χ1) is 20.0. The van der Waals surface area contributed by atoms with Gasteiger partial charge in [0.05, 0.1) is 12.9 Å². The summed E-state index contributed by atoms with van der Waals surface area (Å²) in [5, 5.41) is 0. The first-order valence-corrected chi connectivity index (χ1v) is 13.7. The summed E-state index contributed by atoms with van der Waals surface area (Å²) in [5.74, 6) is -0.486. The smallest absolute Gasteiger partial charge is 0.167 e. The molecule has 3 aromatic carbocycles. The quantitative estimate of drug-likeness (QED) is 0.288. The van der Waals surface area contributed by atoms with E-state index in [1.54, 1.807) is 6.33 Å². The van der Waals surface area contributed by atoms with Crippen LogP contribution in [0.3, 0.4) is 0 Å². The lowest BCUT2D eigenvalue weighted by atomic mass is 9.80. The summed E-state index contributed by atoms with van der Waals surface area (Å²) in [6.45, 7) is 4.06. The second kappa shape index (κ2) is 10.0. The van der Waals surface area contributed by atoms with E-state index in [2.05, 4.69) is 51.4 Å². The molecular formula is C32H31N5O4. The molecule has 4 atom stereocenters. The Morgan fingerprint density at radius 3 is 1.95 bits per heavy atom. The van der Waals surface area contributed by atoms with E-state index in [0.717, 1.165) is 16.7 Å². The van der Waals surface area contributed by atoms with Gasteiger partial charge in [-0.1, -0.05) is 91.0 Å². The fraction of sp³-hybridized carbons (Fsp3) is 0.281. The molecule has 4 heterocycles. The van der Waals surface area contributed by atoms with E-state index in [9.17, 15) is 0 Å². The SMILES string of the molecule is CC1(C)O[C@@H]2[C@H](O1)[C@H](n1cnc3c(N)ncnc31)O[C@@H]2COC(c1ccccc1)(c1ccccc1)c1ccccc1. The fourth-order valence-electron chi connectivity index (χ4n) is 6.05. The maximum Gasteiger partial charge on any atom is 0.167 e. The highest BCUT2D eigenvalue weighted by molar-refractivity contribution is 5.81. The molecule has 2 N–H and O–H groups in total. The largest absolute Gasteiger partial charge is 0.382 e. The number of nitrogens with zero attached hydrogens (tertiary/aromatic N) is 4. The van der Waals surface area contributed by atoms with Gasteiger partial charge in [0.15, 0.2) is 23.5 Å². The Morgan fingerprint density at radius 1 is 0.805 bits per heavy atom. The van der Waals surface area contributed by atoms with Crippen LogP contribution in [0, 0.1) is 0 Å². The number of fused-ring (bicyclic) bond motifs is 2. The minimum absolute atomic E-state index is 0.236. The zero-order valence-corrected chi connectivity index (χ0v) is 22.8. The van der Waals surface area contributed by atoms with Gasteiger partial charge in [0.1, 0.15) is 35.8 Å². The highest BCUT2D eigenvalue weighted by Gasteiger charge is 2.57. The minimum atomic E-state index is -0.890. The molecule has 0 aliphatic carbocycles. The van der Waals surface area contributed by atoms with Crippen molar-refractivity contribution in [3.8, 4) is 0 Å². The Kier molecular flexibility index (Phi) is 6.32. The molecule has 208 valence electrons. The van der Waals surface area contributed by atoms with Crippen LogP contribution in [0.15, 0.2) is 104 Å². The van der Waals surface area contributed by atoms with Crippen molar-refractivity contribution < 1.29 is 18.9 Å². The van der Waals surface area contributed by atoms with Crippen LogP contribution in [-0.2, 0) is 24.5 Å². The summed E-state index contributed by atoms with van der Waals surface area (Å²) in [4.78, 5) is 12.9. The van der Waals surface area contributed by atoms with Gasteiger partial charge in [0.2, 0.25) is 0 Å². The van der Waals surface area contributed by atoms with Crippen molar-refractivity contribution in [2.24, 2.45) is 0 Å². The van der Waals surface area contributed by atoms with Gasteiger partial charge < -0.3 is 24.7 Å². The van der Waals surface area contributed by atoms with Crippen molar-refractivity contribution in [1.29, 1.82) is 0 Å². The Bertz CT molecular complexity index is 1550. The van der Waals surface area contributed by atoms with Crippen LogP contribution in [-0.4, -0.2) is 50.2 Å². The average molecular weight is 550 g/mol. The topological polar surface area (TPSA) is 107 Å². The van der Waals surface area contributed by atoms with Crippen LogP contribution < -0.4 is 5.73 Å². The number of ether oxygens (including phenoxy) is 4. The molecular weight excluding hydrogens is 518 g/mol. The second-order valence-electron chi connectivity index (χ2n) is 10.8. The zero-order chi connectivity index (χ0) is 28.0. The molecule has 0 saturated carbocycles. The first-order valence-electron chi connectivity index (χ1n) is 13.7. The minimum Gasteiger partial charge on any atom is -0.382 e. The fourth-order valence-corrected chi connectivity index (χ4v) is 6.05. The lowest BCUT2D eigenvalue weighted by molar-refractivity contribution is -0.204. The van der Waals surface area contributed by atoms with Gasteiger partial charge in [-0.05, 0) is 30.5 Å². The van der Waals surface area contributed by atoms with Gasteiger partial charge in [-0.3, -0.25) is 4.57 Å². The van der Waals surface area contributed by atoms with Gasteiger partial charge in [0.25, 0.3) is 0 Å². The van der Waals surface area contributed by atoms with Crippen LogP contribution in [0.5, 0.6) is 0 Å². The maximum atomic E-state index is 7.09. The molecule has 2 saturated heterocycles. The molecule has 9 heteroatoms. The third-order valence-corrected chi connectivity index (χ3v) is 7.79. The van der Waals surface area contributed by atoms with E-state index < -0.39 is 29.8 Å². The molecule has 0 bridgehead atoms. The van der Waals surface area contributed by atoms with E-state index in [1.807, 2.05) is 73.0 Å². The highest BCUT2D eigenvalue weighted by atomic mass is 16.8. The number of anilines is 1. The van der Waals surface area contributed by atoms with Crippen molar-refractivity contribution in [3.05, 3.63) is 120 Å².